The van der Waals surface area contributed by atoms with Gasteiger partial charge < -0.3 is 21.1 Å². The predicted molar refractivity (Wildman–Crippen MR) is 75.6 cm³/mol. The molecular weight excluding hydrogens is 274 g/mol. The van der Waals surface area contributed by atoms with Crippen LogP contribution in [0.5, 0.6) is 0 Å². The second-order valence-corrected chi connectivity index (χ2v) is 4.89. The summed E-state index contributed by atoms with van der Waals surface area (Å²) in [6, 6.07) is 5.52. The zero-order valence-corrected chi connectivity index (χ0v) is 11.4. The molecule has 0 spiro atoms. The zero-order chi connectivity index (χ0) is 15.4. The Bertz CT molecular complexity index is 556. The number of nitrogens with two attached hydrogens (primary N) is 1. The van der Waals surface area contributed by atoms with Gasteiger partial charge in [-0.2, -0.15) is 0 Å². The fourth-order valence-corrected chi connectivity index (χ4v) is 2.32. The highest BCUT2D eigenvalue weighted by molar-refractivity contribution is 5.97. The summed E-state index contributed by atoms with van der Waals surface area (Å²) in [6.45, 7) is 0.195. The molecule has 0 aromatic heterocycles. The normalized spacial score (nSPS) is 17.5. The van der Waals surface area contributed by atoms with Crippen LogP contribution in [-0.2, 0) is 9.59 Å². The fraction of sp³-hybridized carbons (Fsp3) is 0.357. The first-order valence-corrected chi connectivity index (χ1v) is 6.65. The molecule has 2 rings (SSSR count). The average molecular weight is 291 g/mol. The van der Waals surface area contributed by atoms with E-state index < -0.39 is 17.9 Å². The van der Waals surface area contributed by atoms with Gasteiger partial charge in [0.05, 0.1) is 6.54 Å². The van der Waals surface area contributed by atoms with Crippen molar-refractivity contribution in [2.45, 2.75) is 18.9 Å². The van der Waals surface area contributed by atoms with Gasteiger partial charge in [-0.05, 0) is 37.1 Å². The summed E-state index contributed by atoms with van der Waals surface area (Å²) in [5.41, 5.74) is 6.47. The van der Waals surface area contributed by atoms with Gasteiger partial charge in [-0.1, -0.05) is 0 Å². The van der Waals surface area contributed by atoms with Crippen LogP contribution in [-0.4, -0.2) is 46.9 Å². The Hall–Kier alpha value is -2.57. The number of carboxylic acids is 1. The zero-order valence-electron chi connectivity index (χ0n) is 11.4. The molecule has 1 heterocycles. The topological polar surface area (TPSA) is 113 Å². The molecule has 112 valence electrons. The van der Waals surface area contributed by atoms with Gasteiger partial charge in [0.15, 0.2) is 0 Å². The third-order valence-corrected chi connectivity index (χ3v) is 3.43. The number of benzene rings is 1. The number of carbonyl (C=O) groups is 3. The minimum absolute atomic E-state index is 0.215. The number of nitrogen functional groups attached to an aromatic ring is 1. The van der Waals surface area contributed by atoms with E-state index in [9.17, 15) is 14.4 Å². The molecule has 21 heavy (non-hydrogen) atoms. The largest absolute Gasteiger partial charge is 0.480 e. The van der Waals surface area contributed by atoms with Gasteiger partial charge >= 0.3 is 5.97 Å². The molecule has 2 amide bonds. The molecule has 1 atom stereocenters. The average Bonchev–Trinajstić information content (AvgIpc) is 2.95. The number of carboxylic acid groups (broad SMARTS) is 1. The van der Waals surface area contributed by atoms with Gasteiger partial charge in [-0.25, -0.2) is 4.79 Å². The van der Waals surface area contributed by atoms with Gasteiger partial charge in [-0.15, -0.1) is 0 Å². The SMILES string of the molecule is Nc1ccc(C(=O)NCC(=O)N2CCC[C@@H]2C(=O)O)cc1. The van der Waals surface area contributed by atoms with E-state index in [0.717, 1.165) is 0 Å². The Labute approximate surface area is 121 Å². The molecule has 4 N–H and O–H groups in total. The van der Waals surface area contributed by atoms with Gasteiger partial charge in [-0.3, -0.25) is 9.59 Å². The molecule has 1 aliphatic rings. The molecule has 0 aliphatic carbocycles. The van der Waals surface area contributed by atoms with E-state index in [4.69, 9.17) is 10.8 Å². The lowest BCUT2D eigenvalue weighted by molar-refractivity contribution is -0.147. The fourth-order valence-electron chi connectivity index (χ4n) is 2.32. The highest BCUT2D eigenvalue weighted by Crippen LogP contribution is 2.17. The predicted octanol–water partition coefficient (Wildman–Crippen LogP) is 0.0742. The summed E-state index contributed by atoms with van der Waals surface area (Å²) in [6.07, 6.45) is 1.11. The van der Waals surface area contributed by atoms with Crippen molar-refractivity contribution >= 4 is 23.5 Å². The lowest BCUT2D eigenvalue weighted by Gasteiger charge is -2.21. The van der Waals surface area contributed by atoms with Crippen molar-refractivity contribution in [3.63, 3.8) is 0 Å². The van der Waals surface area contributed by atoms with Crippen molar-refractivity contribution in [2.24, 2.45) is 0 Å². The van der Waals surface area contributed by atoms with Crippen LogP contribution >= 0.6 is 0 Å². The van der Waals surface area contributed by atoms with Crippen LogP contribution in [0, 0.1) is 0 Å². The van der Waals surface area contributed by atoms with Crippen LogP contribution in [0.15, 0.2) is 24.3 Å². The molecule has 7 nitrogen and oxygen atoms in total. The molecule has 1 saturated heterocycles. The van der Waals surface area contributed by atoms with Crippen molar-refractivity contribution in [1.29, 1.82) is 0 Å². The maximum atomic E-state index is 12.0. The lowest BCUT2D eigenvalue weighted by Crippen LogP contribution is -2.45. The third-order valence-electron chi connectivity index (χ3n) is 3.43. The van der Waals surface area contributed by atoms with E-state index >= 15 is 0 Å². The van der Waals surface area contributed by atoms with E-state index in [1.54, 1.807) is 24.3 Å². The minimum atomic E-state index is -1.01. The summed E-state index contributed by atoms with van der Waals surface area (Å²) in [4.78, 5) is 36.1. The maximum Gasteiger partial charge on any atom is 0.326 e. The molecule has 7 heteroatoms. The Morgan fingerprint density at radius 2 is 1.95 bits per heavy atom. The van der Waals surface area contributed by atoms with Crippen LogP contribution < -0.4 is 11.1 Å². The van der Waals surface area contributed by atoms with Gasteiger partial charge in [0, 0.05) is 17.8 Å². The first-order valence-electron chi connectivity index (χ1n) is 6.65. The van der Waals surface area contributed by atoms with E-state index in [0.29, 0.717) is 30.6 Å². The molecule has 0 bridgehead atoms. The number of likely N-dealkylation sites (tertiary alicyclic amines) is 1. The number of aliphatic carboxylic acids is 1. The summed E-state index contributed by atoms with van der Waals surface area (Å²) >= 11 is 0. The molecule has 0 radical (unpaired) electrons. The van der Waals surface area contributed by atoms with Gasteiger partial charge in [0.2, 0.25) is 5.91 Å². The number of hydrogen-bond donors (Lipinski definition) is 3. The molecule has 1 aromatic rings. The molecule has 1 aliphatic heterocycles. The highest BCUT2D eigenvalue weighted by Gasteiger charge is 2.33. The number of hydrogen-bond acceptors (Lipinski definition) is 4. The lowest BCUT2D eigenvalue weighted by atomic mass is 10.2. The number of amides is 2. The summed E-state index contributed by atoms with van der Waals surface area (Å²) in [5.74, 6) is -1.79. The van der Waals surface area contributed by atoms with Gasteiger partial charge in [0.1, 0.15) is 6.04 Å². The molecule has 1 aromatic carbocycles. The van der Waals surface area contributed by atoms with Crippen LogP contribution in [0.4, 0.5) is 5.69 Å². The summed E-state index contributed by atoms with van der Waals surface area (Å²) < 4.78 is 0. The quantitative estimate of drug-likeness (QED) is 0.680. The first kappa shape index (κ1) is 14.8. The summed E-state index contributed by atoms with van der Waals surface area (Å²) in [5, 5.41) is 11.5. The third kappa shape index (κ3) is 3.50. The summed E-state index contributed by atoms with van der Waals surface area (Å²) in [7, 11) is 0. The Morgan fingerprint density at radius 1 is 1.29 bits per heavy atom. The first-order chi connectivity index (χ1) is 9.99. The molecular formula is C14H17N3O4. The monoisotopic (exact) mass is 291 g/mol. The number of nitrogens with one attached hydrogen (secondary N) is 1. The van der Waals surface area contributed by atoms with Crippen molar-refractivity contribution in [2.75, 3.05) is 18.8 Å². The molecule has 0 saturated carbocycles. The van der Waals surface area contributed by atoms with Crippen molar-refractivity contribution < 1.29 is 19.5 Å². The highest BCUT2D eigenvalue weighted by atomic mass is 16.4. The smallest absolute Gasteiger partial charge is 0.326 e. The van der Waals surface area contributed by atoms with E-state index in [-0.39, 0.29) is 12.5 Å². The van der Waals surface area contributed by atoms with E-state index in [1.807, 2.05) is 0 Å². The van der Waals surface area contributed by atoms with Crippen molar-refractivity contribution in [1.82, 2.24) is 10.2 Å². The number of carbonyl (C=O) groups excluding carboxylic acids is 2. The minimum Gasteiger partial charge on any atom is -0.480 e. The van der Waals surface area contributed by atoms with Crippen LogP contribution in [0.1, 0.15) is 23.2 Å². The van der Waals surface area contributed by atoms with Crippen molar-refractivity contribution in [3.05, 3.63) is 29.8 Å². The number of rotatable bonds is 4. The number of anilines is 1. The Kier molecular flexibility index (Phi) is 4.42. The van der Waals surface area contributed by atoms with E-state index in [2.05, 4.69) is 5.32 Å². The van der Waals surface area contributed by atoms with E-state index in [1.165, 1.54) is 4.90 Å². The Morgan fingerprint density at radius 3 is 2.57 bits per heavy atom. The van der Waals surface area contributed by atoms with Crippen LogP contribution in [0.2, 0.25) is 0 Å². The van der Waals surface area contributed by atoms with Crippen LogP contribution in [0.3, 0.4) is 0 Å². The second-order valence-electron chi connectivity index (χ2n) is 4.89. The Balaban J connectivity index is 1.90. The standard InChI is InChI=1S/C14H17N3O4/c15-10-5-3-9(4-6-10)13(19)16-8-12(18)17-7-1-2-11(17)14(20)21/h3-6,11H,1-2,7-8,15H2,(H,16,19)(H,20,21)/t11-/m1/s1. The van der Waals surface area contributed by atoms with Gasteiger partial charge in [0.25, 0.3) is 5.91 Å². The maximum absolute atomic E-state index is 12.0. The molecule has 0 unspecified atom stereocenters. The van der Waals surface area contributed by atoms with Crippen molar-refractivity contribution in [3.8, 4) is 0 Å². The van der Waals surface area contributed by atoms with Crippen LogP contribution in [0.25, 0.3) is 0 Å². The molecule has 1 fully saturated rings. The second kappa shape index (κ2) is 6.25. The number of nitrogens with zero attached hydrogens (tertiary/aromatic N) is 1.